The molecule has 0 aliphatic heterocycles. The lowest BCUT2D eigenvalue weighted by Gasteiger charge is -2.14. The van der Waals surface area contributed by atoms with E-state index < -0.39 is 4.32 Å². The van der Waals surface area contributed by atoms with Crippen molar-refractivity contribution >= 4 is 33.3 Å². The number of hydrogen-bond acceptors (Lipinski definition) is 4. The van der Waals surface area contributed by atoms with E-state index in [4.69, 9.17) is 11.2 Å². The Bertz CT molecular complexity index is 769. The van der Waals surface area contributed by atoms with Gasteiger partial charge in [0.05, 0.1) is 11.4 Å². The molecule has 0 aliphatic rings. The predicted octanol–water partition coefficient (Wildman–Crippen LogP) is 5.16. The second-order valence-electron chi connectivity index (χ2n) is 5.25. The highest BCUT2D eigenvalue weighted by atomic mass is 79.9. The van der Waals surface area contributed by atoms with Crippen LogP contribution >= 0.6 is 15.9 Å². The van der Waals surface area contributed by atoms with Crippen LogP contribution < -0.4 is 4.74 Å². The number of rotatable bonds is 4. The van der Waals surface area contributed by atoms with Crippen LogP contribution in [0.1, 0.15) is 19.4 Å². The number of alkyl halides is 1. The first kappa shape index (κ1) is 16.9. The summed E-state index contributed by atoms with van der Waals surface area (Å²) in [6.45, 7) is 3.45. The Kier molecular flexibility index (Phi) is 5.30. The number of carbonyl (C=O) groups is 1. The molecule has 2 rings (SSSR count). The molecule has 0 saturated heterocycles. The second kappa shape index (κ2) is 7.21. The van der Waals surface area contributed by atoms with Gasteiger partial charge in [0.25, 0.3) is 0 Å². The highest BCUT2D eigenvalue weighted by Gasteiger charge is 2.25. The molecule has 4 nitrogen and oxygen atoms in total. The van der Waals surface area contributed by atoms with E-state index in [1.165, 1.54) is 0 Å². The molecule has 0 spiro atoms. The van der Waals surface area contributed by atoms with E-state index in [1.807, 2.05) is 18.2 Å². The van der Waals surface area contributed by atoms with Gasteiger partial charge in [0, 0.05) is 5.56 Å². The molecule has 0 aliphatic carbocycles. The molecular weight excluding hydrogens is 356 g/mol. The second-order valence-corrected chi connectivity index (χ2v) is 7.23. The lowest BCUT2D eigenvalue weighted by molar-refractivity contribution is -0.136. The van der Waals surface area contributed by atoms with E-state index >= 15 is 0 Å². The van der Waals surface area contributed by atoms with Crippen molar-refractivity contribution in [2.24, 2.45) is 10.2 Å². The van der Waals surface area contributed by atoms with Crippen molar-refractivity contribution in [3.8, 4) is 18.1 Å². The van der Waals surface area contributed by atoms with Crippen molar-refractivity contribution in [2.75, 3.05) is 0 Å². The quantitative estimate of drug-likeness (QED) is 0.245. The topological polar surface area (TPSA) is 51.0 Å². The summed E-state index contributed by atoms with van der Waals surface area (Å²) in [5, 5.41) is 8.26. The smallest absolute Gasteiger partial charge is 0.327 e. The Morgan fingerprint density at radius 1 is 1.13 bits per heavy atom. The van der Waals surface area contributed by atoms with Crippen LogP contribution in [0.25, 0.3) is 0 Å². The highest BCUT2D eigenvalue weighted by Crippen LogP contribution is 2.24. The van der Waals surface area contributed by atoms with Crippen LogP contribution in [-0.4, -0.2) is 10.3 Å². The molecule has 0 unspecified atom stereocenters. The van der Waals surface area contributed by atoms with Gasteiger partial charge < -0.3 is 4.74 Å². The maximum atomic E-state index is 11.8. The maximum Gasteiger partial charge on any atom is 0.327 e. The molecule has 0 radical (unpaired) electrons. The van der Waals surface area contributed by atoms with E-state index in [-0.39, 0.29) is 5.97 Å². The first-order valence-electron chi connectivity index (χ1n) is 6.88. The van der Waals surface area contributed by atoms with Crippen LogP contribution in [0.3, 0.4) is 0 Å². The van der Waals surface area contributed by atoms with Gasteiger partial charge >= 0.3 is 5.97 Å². The molecular formula is C18H15BrN2O2. The Balaban J connectivity index is 2.06. The normalized spacial score (nSPS) is 11.2. The molecule has 2 aromatic carbocycles. The van der Waals surface area contributed by atoms with Crippen molar-refractivity contribution in [3.63, 3.8) is 0 Å². The molecule has 0 atom stereocenters. The molecule has 116 valence electrons. The summed E-state index contributed by atoms with van der Waals surface area (Å²) in [7, 11) is 0. The fourth-order valence-corrected chi connectivity index (χ4v) is 1.66. The van der Waals surface area contributed by atoms with Gasteiger partial charge in [-0.05, 0) is 56.3 Å². The van der Waals surface area contributed by atoms with Crippen LogP contribution in [0.2, 0.25) is 0 Å². The first-order chi connectivity index (χ1) is 10.9. The predicted molar refractivity (Wildman–Crippen MR) is 93.6 cm³/mol. The van der Waals surface area contributed by atoms with Crippen molar-refractivity contribution in [2.45, 2.75) is 18.2 Å². The Morgan fingerprint density at radius 3 is 2.39 bits per heavy atom. The molecule has 0 bridgehead atoms. The standard InChI is InChI=1S/C18H15BrN2O2/c1-4-13-6-5-7-15(12-13)21-20-14-8-10-16(11-9-14)23-17(22)18(2,3)19/h1,5-12H,2-3H3. The fourth-order valence-electron chi connectivity index (χ4n) is 1.58. The van der Waals surface area contributed by atoms with Crippen LogP contribution in [-0.2, 0) is 4.79 Å². The zero-order valence-corrected chi connectivity index (χ0v) is 14.4. The van der Waals surface area contributed by atoms with Gasteiger partial charge in [-0.15, -0.1) is 6.42 Å². The summed E-state index contributed by atoms with van der Waals surface area (Å²) < 4.78 is 4.52. The summed E-state index contributed by atoms with van der Waals surface area (Å²) >= 11 is 3.26. The molecule has 0 amide bonds. The third kappa shape index (κ3) is 5.04. The summed E-state index contributed by atoms with van der Waals surface area (Å²) in [4.78, 5) is 11.8. The van der Waals surface area contributed by atoms with Gasteiger partial charge in [-0.2, -0.15) is 10.2 Å². The average Bonchev–Trinajstić information content (AvgIpc) is 2.53. The summed E-state index contributed by atoms with van der Waals surface area (Å²) in [5.74, 6) is 2.64. The third-order valence-electron chi connectivity index (χ3n) is 2.83. The van der Waals surface area contributed by atoms with Crippen molar-refractivity contribution in [1.29, 1.82) is 0 Å². The van der Waals surface area contributed by atoms with E-state index in [2.05, 4.69) is 32.1 Å². The van der Waals surface area contributed by atoms with E-state index in [9.17, 15) is 4.79 Å². The minimum atomic E-state index is -0.729. The number of esters is 1. The van der Waals surface area contributed by atoms with Crippen molar-refractivity contribution in [3.05, 3.63) is 54.1 Å². The Labute approximate surface area is 143 Å². The van der Waals surface area contributed by atoms with E-state index in [0.717, 1.165) is 5.56 Å². The van der Waals surface area contributed by atoms with Gasteiger partial charge in [-0.1, -0.05) is 27.9 Å². The molecule has 23 heavy (non-hydrogen) atoms. The number of hydrogen-bond donors (Lipinski definition) is 0. The molecule has 0 aromatic heterocycles. The molecule has 0 saturated carbocycles. The summed E-state index contributed by atoms with van der Waals surface area (Å²) in [5.41, 5.74) is 2.08. The van der Waals surface area contributed by atoms with E-state index in [0.29, 0.717) is 17.1 Å². The van der Waals surface area contributed by atoms with Crippen LogP contribution in [0.15, 0.2) is 58.8 Å². The average molecular weight is 371 g/mol. The highest BCUT2D eigenvalue weighted by molar-refractivity contribution is 9.10. The molecule has 0 fully saturated rings. The van der Waals surface area contributed by atoms with Crippen LogP contribution in [0, 0.1) is 12.3 Å². The summed E-state index contributed by atoms with van der Waals surface area (Å²) in [6.07, 6.45) is 5.35. The number of ether oxygens (including phenoxy) is 1. The monoisotopic (exact) mass is 370 g/mol. The number of carbonyl (C=O) groups excluding carboxylic acids is 1. The SMILES string of the molecule is C#Cc1cccc(N=Nc2ccc(OC(=O)C(C)(C)Br)cc2)c1. The van der Waals surface area contributed by atoms with Gasteiger partial charge in [-0.3, -0.25) is 4.79 Å². The Morgan fingerprint density at radius 2 is 1.78 bits per heavy atom. The number of halogens is 1. The largest absolute Gasteiger partial charge is 0.426 e. The van der Waals surface area contributed by atoms with Gasteiger partial charge in [0.2, 0.25) is 0 Å². The third-order valence-corrected chi connectivity index (χ3v) is 3.15. The van der Waals surface area contributed by atoms with Gasteiger partial charge in [0.1, 0.15) is 10.1 Å². The molecule has 2 aromatic rings. The number of azo groups is 1. The van der Waals surface area contributed by atoms with Gasteiger partial charge in [-0.25, -0.2) is 0 Å². The fraction of sp³-hybridized carbons (Fsp3) is 0.167. The number of terminal acetylenes is 1. The van der Waals surface area contributed by atoms with Crippen LogP contribution in [0.4, 0.5) is 11.4 Å². The number of benzene rings is 2. The molecule has 5 heteroatoms. The zero-order chi connectivity index (χ0) is 16.9. The van der Waals surface area contributed by atoms with Crippen molar-refractivity contribution < 1.29 is 9.53 Å². The van der Waals surface area contributed by atoms with Crippen LogP contribution in [0.5, 0.6) is 5.75 Å². The molecule has 0 heterocycles. The Hall–Kier alpha value is -2.45. The minimum absolute atomic E-state index is 0.363. The molecule has 0 N–H and O–H groups in total. The minimum Gasteiger partial charge on any atom is -0.426 e. The zero-order valence-electron chi connectivity index (χ0n) is 12.8. The first-order valence-corrected chi connectivity index (χ1v) is 7.67. The number of nitrogens with zero attached hydrogens (tertiary/aromatic N) is 2. The van der Waals surface area contributed by atoms with Crippen molar-refractivity contribution in [1.82, 2.24) is 0 Å². The van der Waals surface area contributed by atoms with Gasteiger partial charge in [0.15, 0.2) is 0 Å². The van der Waals surface area contributed by atoms with E-state index in [1.54, 1.807) is 44.2 Å². The lowest BCUT2D eigenvalue weighted by atomic mass is 10.2. The maximum absolute atomic E-state index is 11.8. The lowest BCUT2D eigenvalue weighted by Crippen LogP contribution is -2.29. The summed E-state index contributed by atoms with van der Waals surface area (Å²) in [6, 6.07) is 14.0.